The molecular weight excluding hydrogens is 258 g/mol. The number of hydrogen-bond acceptors (Lipinski definition) is 5. The quantitative estimate of drug-likeness (QED) is 0.381. The van der Waals surface area contributed by atoms with E-state index in [1.165, 1.54) is 42.5 Å². The number of nitriles is 1. The molecule has 2 aromatic rings. The molecule has 5 nitrogen and oxygen atoms in total. The second kappa shape index (κ2) is 5.24. The van der Waals surface area contributed by atoms with Crippen LogP contribution in [0.2, 0.25) is 0 Å². The molecule has 20 heavy (non-hydrogen) atoms. The number of phenolic OH excluding ortho intramolecular Hbond substituents is 4. The topological polar surface area (TPSA) is 105 Å². The average Bonchev–Trinajstić information content (AvgIpc) is 2.43. The zero-order valence-electron chi connectivity index (χ0n) is 10.3. The highest BCUT2D eigenvalue weighted by Crippen LogP contribution is 2.30. The Bertz CT molecular complexity index is 729. The van der Waals surface area contributed by atoms with Crippen molar-refractivity contribution in [2.24, 2.45) is 0 Å². The first-order valence-corrected chi connectivity index (χ1v) is 5.67. The molecule has 0 aliphatic heterocycles. The SMILES string of the molecule is N#CC(=Cc1ccc(O)c(O)c1)c1ccc(O)c(O)c1. The highest BCUT2D eigenvalue weighted by atomic mass is 16.3. The summed E-state index contributed by atoms with van der Waals surface area (Å²) in [5.74, 6) is -1.13. The van der Waals surface area contributed by atoms with Crippen LogP contribution in [0.25, 0.3) is 11.6 Å². The number of rotatable bonds is 2. The lowest BCUT2D eigenvalue weighted by atomic mass is 10.0. The van der Waals surface area contributed by atoms with Crippen molar-refractivity contribution in [3.05, 3.63) is 47.5 Å². The Morgan fingerprint density at radius 2 is 1.45 bits per heavy atom. The largest absolute Gasteiger partial charge is 0.504 e. The molecule has 0 aliphatic carbocycles. The van der Waals surface area contributed by atoms with Gasteiger partial charge < -0.3 is 20.4 Å². The van der Waals surface area contributed by atoms with Crippen LogP contribution in [0, 0.1) is 11.3 Å². The van der Waals surface area contributed by atoms with Crippen molar-refractivity contribution in [1.29, 1.82) is 5.26 Å². The van der Waals surface area contributed by atoms with Crippen LogP contribution < -0.4 is 0 Å². The minimum Gasteiger partial charge on any atom is -0.504 e. The summed E-state index contributed by atoms with van der Waals surface area (Å²) in [5.41, 5.74) is 1.19. The van der Waals surface area contributed by atoms with Crippen LogP contribution in [0.1, 0.15) is 11.1 Å². The maximum atomic E-state index is 9.43. The van der Waals surface area contributed by atoms with Gasteiger partial charge in [-0.25, -0.2) is 0 Å². The first-order chi connectivity index (χ1) is 9.51. The number of benzene rings is 2. The molecule has 0 unspecified atom stereocenters. The Morgan fingerprint density at radius 3 is 2.00 bits per heavy atom. The summed E-state index contributed by atoms with van der Waals surface area (Å²) in [6, 6.07) is 10.2. The van der Waals surface area contributed by atoms with Gasteiger partial charge in [0.05, 0.1) is 11.6 Å². The van der Waals surface area contributed by atoms with E-state index in [0.717, 1.165) is 0 Å². The molecule has 0 saturated carbocycles. The van der Waals surface area contributed by atoms with Crippen molar-refractivity contribution in [3.8, 4) is 29.1 Å². The number of hydrogen-bond donors (Lipinski definition) is 4. The van der Waals surface area contributed by atoms with Gasteiger partial charge in [0.15, 0.2) is 23.0 Å². The van der Waals surface area contributed by atoms with E-state index < -0.39 is 0 Å². The van der Waals surface area contributed by atoms with E-state index in [1.807, 2.05) is 6.07 Å². The summed E-state index contributed by atoms with van der Waals surface area (Å²) in [5, 5.41) is 46.4. The molecule has 0 heterocycles. The van der Waals surface area contributed by atoms with Gasteiger partial charge in [0.2, 0.25) is 0 Å². The van der Waals surface area contributed by atoms with E-state index in [-0.39, 0.29) is 28.6 Å². The summed E-state index contributed by atoms with van der Waals surface area (Å²) in [6.07, 6.45) is 1.49. The van der Waals surface area contributed by atoms with Gasteiger partial charge in [-0.3, -0.25) is 0 Å². The van der Waals surface area contributed by atoms with E-state index in [9.17, 15) is 20.4 Å². The third kappa shape index (κ3) is 2.65. The first kappa shape index (κ1) is 13.3. The van der Waals surface area contributed by atoms with Crippen molar-refractivity contribution >= 4 is 11.6 Å². The summed E-state index contributed by atoms with van der Waals surface area (Å²) in [6.45, 7) is 0. The second-order valence-corrected chi connectivity index (χ2v) is 4.12. The van der Waals surface area contributed by atoms with Crippen molar-refractivity contribution in [1.82, 2.24) is 0 Å². The number of phenols is 4. The van der Waals surface area contributed by atoms with Crippen LogP contribution in [0.4, 0.5) is 0 Å². The fraction of sp³-hybridized carbons (Fsp3) is 0. The zero-order valence-corrected chi connectivity index (χ0v) is 10.3. The maximum Gasteiger partial charge on any atom is 0.158 e. The molecule has 100 valence electrons. The van der Waals surface area contributed by atoms with Crippen molar-refractivity contribution < 1.29 is 20.4 Å². The predicted molar refractivity (Wildman–Crippen MR) is 73.0 cm³/mol. The van der Waals surface area contributed by atoms with Gasteiger partial charge >= 0.3 is 0 Å². The van der Waals surface area contributed by atoms with Gasteiger partial charge in [0.1, 0.15) is 0 Å². The minimum absolute atomic E-state index is 0.241. The predicted octanol–water partition coefficient (Wildman–Crippen LogP) is 2.57. The summed E-state index contributed by atoms with van der Waals surface area (Å²) < 4.78 is 0. The third-order valence-corrected chi connectivity index (χ3v) is 2.72. The molecular formula is C15H11NO4. The molecule has 0 amide bonds. The lowest BCUT2D eigenvalue weighted by molar-refractivity contribution is 0.403. The molecule has 0 bridgehead atoms. The highest BCUT2D eigenvalue weighted by molar-refractivity contribution is 5.90. The monoisotopic (exact) mass is 269 g/mol. The lowest BCUT2D eigenvalue weighted by Crippen LogP contribution is -1.83. The van der Waals surface area contributed by atoms with E-state index in [4.69, 9.17) is 5.26 Å². The normalized spacial score (nSPS) is 11.1. The molecule has 2 rings (SSSR count). The molecule has 0 aromatic heterocycles. The van der Waals surface area contributed by atoms with Gasteiger partial charge in [0.25, 0.3) is 0 Å². The molecule has 2 aromatic carbocycles. The fourth-order valence-electron chi connectivity index (χ4n) is 1.67. The Kier molecular flexibility index (Phi) is 3.49. The molecule has 0 radical (unpaired) electrons. The summed E-state index contributed by atoms with van der Waals surface area (Å²) >= 11 is 0. The Hall–Kier alpha value is -3.13. The molecule has 5 heteroatoms. The molecule has 0 spiro atoms. The van der Waals surface area contributed by atoms with E-state index in [0.29, 0.717) is 11.1 Å². The van der Waals surface area contributed by atoms with Crippen molar-refractivity contribution in [2.75, 3.05) is 0 Å². The number of nitrogens with zero attached hydrogens (tertiary/aromatic N) is 1. The Morgan fingerprint density at radius 1 is 0.850 bits per heavy atom. The zero-order chi connectivity index (χ0) is 14.7. The highest BCUT2D eigenvalue weighted by Gasteiger charge is 2.06. The first-order valence-electron chi connectivity index (χ1n) is 5.67. The minimum atomic E-state index is -0.322. The van der Waals surface area contributed by atoms with Crippen LogP contribution in [0.15, 0.2) is 36.4 Å². The van der Waals surface area contributed by atoms with Gasteiger partial charge in [-0.1, -0.05) is 6.07 Å². The van der Waals surface area contributed by atoms with Gasteiger partial charge in [0, 0.05) is 0 Å². The van der Waals surface area contributed by atoms with Gasteiger partial charge in [-0.15, -0.1) is 0 Å². The van der Waals surface area contributed by atoms with Crippen LogP contribution in [0.5, 0.6) is 23.0 Å². The maximum absolute atomic E-state index is 9.43. The van der Waals surface area contributed by atoms with Gasteiger partial charge in [-0.2, -0.15) is 5.26 Å². The van der Waals surface area contributed by atoms with Crippen LogP contribution in [-0.4, -0.2) is 20.4 Å². The Balaban J connectivity index is 2.46. The summed E-state index contributed by atoms with van der Waals surface area (Å²) in [7, 11) is 0. The molecule has 0 atom stereocenters. The molecule has 4 N–H and O–H groups in total. The average molecular weight is 269 g/mol. The van der Waals surface area contributed by atoms with E-state index in [1.54, 1.807) is 0 Å². The second-order valence-electron chi connectivity index (χ2n) is 4.12. The van der Waals surface area contributed by atoms with E-state index in [2.05, 4.69) is 0 Å². The van der Waals surface area contributed by atoms with Crippen LogP contribution in [0.3, 0.4) is 0 Å². The molecule has 0 fully saturated rings. The molecule has 0 aliphatic rings. The van der Waals surface area contributed by atoms with Gasteiger partial charge in [-0.05, 0) is 47.5 Å². The van der Waals surface area contributed by atoms with Crippen LogP contribution >= 0.6 is 0 Å². The lowest BCUT2D eigenvalue weighted by Gasteiger charge is -2.03. The fourth-order valence-corrected chi connectivity index (χ4v) is 1.67. The van der Waals surface area contributed by atoms with Crippen molar-refractivity contribution in [3.63, 3.8) is 0 Å². The number of aromatic hydroxyl groups is 4. The smallest absolute Gasteiger partial charge is 0.158 e. The van der Waals surface area contributed by atoms with Crippen LogP contribution in [-0.2, 0) is 0 Å². The third-order valence-electron chi connectivity index (χ3n) is 2.72. The molecule has 0 saturated heterocycles. The summed E-state index contributed by atoms with van der Waals surface area (Å²) in [4.78, 5) is 0. The Labute approximate surface area is 114 Å². The number of allylic oxidation sites excluding steroid dienone is 1. The van der Waals surface area contributed by atoms with Crippen molar-refractivity contribution in [2.45, 2.75) is 0 Å². The van der Waals surface area contributed by atoms with E-state index >= 15 is 0 Å². The standard InChI is InChI=1S/C15H11NO4/c16-8-11(10-2-4-13(18)15(20)7-10)5-9-1-3-12(17)14(19)6-9/h1-7,17-20H.